The molecule has 2 N–H and O–H groups in total. The second-order valence-electron chi connectivity index (χ2n) is 6.78. The quantitative estimate of drug-likeness (QED) is 0.400. The van der Waals surface area contributed by atoms with Crippen molar-refractivity contribution in [2.45, 2.75) is 0 Å². The lowest BCUT2D eigenvalue weighted by Crippen LogP contribution is -2.06. The van der Waals surface area contributed by atoms with Crippen LogP contribution in [0.4, 0.5) is 11.5 Å². The molecule has 0 saturated heterocycles. The standard InChI is InChI=1S/C23H20ClN3O5/c1-30-17-10-13(11-18(31-2)21(17)28)20-22(27-12-14(24)8-9-19(27)26-20)25-16-7-5-4-6-15(16)23(29)32-3/h4-12,25,28H,1-3H3. The summed E-state index contributed by atoms with van der Waals surface area (Å²) in [6, 6.07) is 13.8. The van der Waals surface area contributed by atoms with Crippen molar-refractivity contribution in [1.82, 2.24) is 9.38 Å². The van der Waals surface area contributed by atoms with Crippen LogP contribution in [0.25, 0.3) is 16.9 Å². The number of aromatic nitrogens is 2. The first kappa shape index (κ1) is 21.3. The van der Waals surface area contributed by atoms with E-state index >= 15 is 0 Å². The number of anilines is 2. The molecule has 2 aromatic heterocycles. The Morgan fingerprint density at radius 2 is 1.75 bits per heavy atom. The van der Waals surface area contributed by atoms with Gasteiger partial charge in [0.2, 0.25) is 5.75 Å². The number of ether oxygens (including phenoxy) is 3. The van der Waals surface area contributed by atoms with Gasteiger partial charge in [-0.25, -0.2) is 9.78 Å². The van der Waals surface area contributed by atoms with E-state index in [1.54, 1.807) is 59.1 Å². The number of methoxy groups -OCH3 is 3. The number of aromatic hydroxyl groups is 1. The fourth-order valence-electron chi connectivity index (χ4n) is 3.38. The molecule has 0 saturated carbocycles. The molecule has 0 amide bonds. The van der Waals surface area contributed by atoms with E-state index in [0.29, 0.717) is 39.0 Å². The monoisotopic (exact) mass is 453 g/mol. The maximum Gasteiger partial charge on any atom is 0.339 e. The van der Waals surface area contributed by atoms with Crippen LogP contribution in [0, 0.1) is 0 Å². The third-order valence-corrected chi connectivity index (χ3v) is 5.14. The first-order valence-electron chi connectivity index (χ1n) is 9.54. The lowest BCUT2D eigenvalue weighted by molar-refractivity contribution is 0.0602. The van der Waals surface area contributed by atoms with E-state index in [2.05, 4.69) is 5.32 Å². The molecule has 0 aliphatic rings. The maximum absolute atomic E-state index is 12.3. The van der Waals surface area contributed by atoms with Crippen LogP contribution in [0.1, 0.15) is 10.4 Å². The highest BCUT2D eigenvalue weighted by Crippen LogP contribution is 2.42. The van der Waals surface area contributed by atoms with Gasteiger partial charge in [-0.3, -0.25) is 4.40 Å². The van der Waals surface area contributed by atoms with Gasteiger partial charge in [0, 0.05) is 11.8 Å². The van der Waals surface area contributed by atoms with Gasteiger partial charge in [-0.2, -0.15) is 0 Å². The summed E-state index contributed by atoms with van der Waals surface area (Å²) in [6.45, 7) is 0. The number of imidazole rings is 1. The summed E-state index contributed by atoms with van der Waals surface area (Å²) in [5.74, 6) is 0.421. The Hall–Kier alpha value is -3.91. The number of rotatable bonds is 6. The Kier molecular flexibility index (Phi) is 5.79. The predicted octanol–water partition coefficient (Wildman–Crippen LogP) is 4.91. The molecule has 0 fully saturated rings. The average Bonchev–Trinajstić information content (AvgIpc) is 3.16. The van der Waals surface area contributed by atoms with Crippen molar-refractivity contribution < 1.29 is 24.1 Å². The molecular weight excluding hydrogens is 434 g/mol. The zero-order valence-corrected chi connectivity index (χ0v) is 18.3. The summed E-state index contributed by atoms with van der Waals surface area (Å²) in [5.41, 5.74) is 2.66. The predicted molar refractivity (Wildman–Crippen MR) is 121 cm³/mol. The smallest absolute Gasteiger partial charge is 0.339 e. The number of phenolic OH excluding ortho intramolecular Hbond substituents is 1. The fourth-order valence-corrected chi connectivity index (χ4v) is 3.54. The lowest BCUT2D eigenvalue weighted by Gasteiger charge is -2.14. The highest BCUT2D eigenvalue weighted by molar-refractivity contribution is 6.30. The molecule has 0 aliphatic carbocycles. The normalized spacial score (nSPS) is 10.8. The van der Waals surface area contributed by atoms with Gasteiger partial charge in [-0.15, -0.1) is 0 Å². The van der Waals surface area contributed by atoms with Crippen LogP contribution in [-0.4, -0.2) is 41.8 Å². The Morgan fingerprint density at radius 3 is 2.41 bits per heavy atom. The molecule has 0 radical (unpaired) electrons. The van der Waals surface area contributed by atoms with Crippen LogP contribution in [0.15, 0.2) is 54.7 Å². The summed E-state index contributed by atoms with van der Waals surface area (Å²) >= 11 is 6.25. The molecule has 0 aliphatic heterocycles. The van der Waals surface area contributed by atoms with Crippen LogP contribution in [0.3, 0.4) is 0 Å². The maximum atomic E-state index is 12.3. The van der Waals surface area contributed by atoms with Crippen LogP contribution in [0.2, 0.25) is 5.02 Å². The van der Waals surface area contributed by atoms with E-state index in [-0.39, 0.29) is 17.2 Å². The molecule has 0 spiro atoms. The first-order valence-corrected chi connectivity index (χ1v) is 9.92. The molecule has 8 nitrogen and oxygen atoms in total. The number of carbonyl (C=O) groups is 1. The molecular formula is C23H20ClN3O5. The lowest BCUT2D eigenvalue weighted by atomic mass is 10.1. The zero-order valence-electron chi connectivity index (χ0n) is 17.5. The van der Waals surface area contributed by atoms with Gasteiger partial charge in [-0.1, -0.05) is 23.7 Å². The molecule has 32 heavy (non-hydrogen) atoms. The number of hydrogen-bond acceptors (Lipinski definition) is 7. The van der Waals surface area contributed by atoms with Crippen LogP contribution in [-0.2, 0) is 4.74 Å². The number of nitrogens with one attached hydrogen (secondary N) is 1. The zero-order chi connectivity index (χ0) is 22.8. The van der Waals surface area contributed by atoms with E-state index in [4.69, 9.17) is 30.8 Å². The highest BCUT2D eigenvalue weighted by atomic mass is 35.5. The molecule has 164 valence electrons. The van der Waals surface area contributed by atoms with Gasteiger partial charge in [-0.05, 0) is 36.4 Å². The summed E-state index contributed by atoms with van der Waals surface area (Å²) in [6.07, 6.45) is 1.71. The number of esters is 1. The second-order valence-corrected chi connectivity index (χ2v) is 7.21. The SMILES string of the molecule is COC(=O)c1ccccc1Nc1c(-c2cc(OC)c(O)c(OC)c2)nc2ccc(Cl)cn12. The van der Waals surface area contributed by atoms with E-state index < -0.39 is 5.97 Å². The number of pyridine rings is 1. The van der Waals surface area contributed by atoms with Crippen molar-refractivity contribution in [2.24, 2.45) is 0 Å². The van der Waals surface area contributed by atoms with Crippen molar-refractivity contribution in [2.75, 3.05) is 26.6 Å². The fraction of sp³-hybridized carbons (Fsp3) is 0.130. The van der Waals surface area contributed by atoms with E-state index in [1.165, 1.54) is 21.3 Å². The molecule has 0 bridgehead atoms. The summed E-state index contributed by atoms with van der Waals surface area (Å²) in [7, 11) is 4.23. The van der Waals surface area contributed by atoms with Gasteiger partial charge >= 0.3 is 5.97 Å². The highest BCUT2D eigenvalue weighted by Gasteiger charge is 2.21. The third-order valence-electron chi connectivity index (χ3n) is 4.92. The number of hydrogen-bond donors (Lipinski definition) is 2. The largest absolute Gasteiger partial charge is 0.502 e. The first-order chi connectivity index (χ1) is 15.5. The van der Waals surface area contributed by atoms with Gasteiger partial charge < -0.3 is 24.6 Å². The van der Waals surface area contributed by atoms with Gasteiger partial charge in [0.25, 0.3) is 0 Å². The topological polar surface area (TPSA) is 94.3 Å². The number of fused-ring (bicyclic) bond motifs is 1. The third kappa shape index (κ3) is 3.76. The Bertz CT molecular complexity index is 1290. The molecule has 0 unspecified atom stereocenters. The van der Waals surface area contributed by atoms with E-state index in [0.717, 1.165) is 0 Å². The summed E-state index contributed by atoms with van der Waals surface area (Å²) in [4.78, 5) is 17.0. The molecule has 2 heterocycles. The van der Waals surface area contributed by atoms with Crippen molar-refractivity contribution >= 4 is 34.7 Å². The minimum atomic E-state index is -0.477. The summed E-state index contributed by atoms with van der Waals surface area (Å²) < 4.78 is 17.3. The number of benzene rings is 2. The number of phenols is 1. The number of para-hydroxylation sites is 1. The van der Waals surface area contributed by atoms with E-state index in [1.807, 2.05) is 0 Å². The molecule has 4 aromatic rings. The van der Waals surface area contributed by atoms with Crippen LogP contribution in [0.5, 0.6) is 17.2 Å². The Morgan fingerprint density at radius 1 is 1.06 bits per heavy atom. The molecule has 2 aromatic carbocycles. The number of nitrogens with zero attached hydrogens (tertiary/aromatic N) is 2. The van der Waals surface area contributed by atoms with Gasteiger partial charge in [0.1, 0.15) is 17.2 Å². The number of halogens is 1. The molecule has 4 rings (SSSR count). The second kappa shape index (κ2) is 8.68. The van der Waals surface area contributed by atoms with Crippen molar-refractivity contribution in [3.63, 3.8) is 0 Å². The Labute approximate surface area is 188 Å². The minimum absolute atomic E-state index is 0.115. The average molecular weight is 454 g/mol. The van der Waals surface area contributed by atoms with Gasteiger partial charge in [0.15, 0.2) is 11.5 Å². The Balaban J connectivity index is 1.95. The van der Waals surface area contributed by atoms with Crippen molar-refractivity contribution in [1.29, 1.82) is 0 Å². The van der Waals surface area contributed by atoms with Crippen LogP contribution < -0.4 is 14.8 Å². The van der Waals surface area contributed by atoms with Gasteiger partial charge in [0.05, 0.1) is 37.6 Å². The van der Waals surface area contributed by atoms with Crippen LogP contribution >= 0.6 is 11.6 Å². The van der Waals surface area contributed by atoms with E-state index in [9.17, 15) is 9.90 Å². The summed E-state index contributed by atoms with van der Waals surface area (Å²) in [5, 5.41) is 14.1. The van der Waals surface area contributed by atoms with Crippen molar-refractivity contribution in [3.05, 3.63) is 65.3 Å². The molecule has 0 atom stereocenters. The van der Waals surface area contributed by atoms with Crippen molar-refractivity contribution in [3.8, 4) is 28.5 Å². The molecule has 9 heteroatoms. The number of carbonyl (C=O) groups excluding carboxylic acids is 1. The minimum Gasteiger partial charge on any atom is -0.502 e.